The number of halogens is 7. The van der Waals surface area contributed by atoms with E-state index in [0.29, 0.717) is 30.1 Å². The summed E-state index contributed by atoms with van der Waals surface area (Å²) in [6.45, 7) is 48.6. The molecule has 0 spiro atoms. The van der Waals surface area contributed by atoms with Crippen LogP contribution in [0.15, 0.2) is 85.5 Å². The van der Waals surface area contributed by atoms with Crippen LogP contribution in [-0.2, 0) is 49.6 Å². The van der Waals surface area contributed by atoms with Crippen LogP contribution in [0.1, 0.15) is 185 Å². The Morgan fingerprint density at radius 1 is 0.560 bits per heavy atom. The molecule has 0 aliphatic carbocycles. The van der Waals surface area contributed by atoms with Gasteiger partial charge in [-0.2, -0.15) is 26.3 Å². The van der Waals surface area contributed by atoms with Crippen molar-refractivity contribution in [2.24, 2.45) is 0 Å². The van der Waals surface area contributed by atoms with E-state index in [1.165, 1.54) is 43.9 Å². The zero-order valence-corrected chi connectivity index (χ0v) is 56.2. The second kappa shape index (κ2) is 28.2. The Hall–Kier alpha value is -5.01. The van der Waals surface area contributed by atoms with E-state index in [-0.39, 0.29) is 39.6 Å². The molecule has 19 heteroatoms. The molecule has 0 amide bonds. The number of hydrogen-bond donors (Lipinski definition) is 0. The van der Waals surface area contributed by atoms with Crippen molar-refractivity contribution in [3.05, 3.63) is 144 Å². The normalized spacial score (nSPS) is 14.9. The zero-order chi connectivity index (χ0) is 63.8. The first-order chi connectivity index (χ1) is 38.2. The van der Waals surface area contributed by atoms with Gasteiger partial charge in [0.25, 0.3) is 0 Å². The number of thiazole rings is 2. The number of piperazine rings is 1. The summed E-state index contributed by atoms with van der Waals surface area (Å²) in [5, 5.41) is 3.23. The Balaban J connectivity index is 0.000000232. The fourth-order valence-corrected chi connectivity index (χ4v) is 9.98. The molecular formula is C65H93ClF6N8O2S2. The Morgan fingerprint density at radius 3 is 1.52 bits per heavy atom. The summed E-state index contributed by atoms with van der Waals surface area (Å²) in [4.78, 5) is 25.9. The van der Waals surface area contributed by atoms with Gasteiger partial charge in [-0.1, -0.05) is 136 Å². The maximum absolute atomic E-state index is 13.3. The van der Waals surface area contributed by atoms with Gasteiger partial charge >= 0.3 is 12.4 Å². The molecule has 0 saturated carbocycles. The predicted molar refractivity (Wildman–Crippen MR) is 337 cm³/mol. The first kappa shape index (κ1) is 71.5. The van der Waals surface area contributed by atoms with Crippen LogP contribution in [0.5, 0.6) is 5.88 Å². The average molecular weight is 1230 g/mol. The molecule has 466 valence electrons. The van der Waals surface area contributed by atoms with Gasteiger partial charge in [0.15, 0.2) is 6.73 Å². The lowest BCUT2D eigenvalue weighted by Gasteiger charge is -2.32. The van der Waals surface area contributed by atoms with Crippen LogP contribution >= 0.6 is 34.3 Å². The van der Waals surface area contributed by atoms with Gasteiger partial charge in [0.2, 0.25) is 5.88 Å². The van der Waals surface area contributed by atoms with Crippen molar-refractivity contribution in [2.45, 2.75) is 190 Å². The van der Waals surface area contributed by atoms with Crippen LogP contribution in [0.3, 0.4) is 0 Å². The van der Waals surface area contributed by atoms with Crippen LogP contribution < -0.4 is 9.64 Å². The topological polar surface area (TPSA) is 84.7 Å². The highest BCUT2D eigenvalue weighted by Crippen LogP contribution is 2.39. The minimum atomic E-state index is -4.47. The van der Waals surface area contributed by atoms with E-state index in [1.807, 2.05) is 90.5 Å². The number of imidazole rings is 1. The van der Waals surface area contributed by atoms with Crippen molar-refractivity contribution in [3.63, 3.8) is 0 Å². The molecule has 2 aromatic carbocycles. The number of benzene rings is 2. The lowest BCUT2D eigenvalue weighted by atomic mass is 9.85. The van der Waals surface area contributed by atoms with Gasteiger partial charge in [-0.15, -0.1) is 22.7 Å². The molecule has 1 saturated heterocycles. The maximum atomic E-state index is 13.3. The van der Waals surface area contributed by atoms with Gasteiger partial charge in [0.05, 0.1) is 27.6 Å². The van der Waals surface area contributed by atoms with Crippen LogP contribution in [0.25, 0.3) is 5.69 Å². The lowest BCUT2D eigenvalue weighted by molar-refractivity contribution is -0.139. The minimum absolute atomic E-state index is 0.0962. The number of pyridine rings is 1. The number of allylic oxidation sites excluding steroid dienone is 1. The molecule has 6 heterocycles. The van der Waals surface area contributed by atoms with E-state index < -0.39 is 28.9 Å². The Kier molecular flexibility index (Phi) is 24.0. The van der Waals surface area contributed by atoms with Crippen molar-refractivity contribution < 1.29 is 35.8 Å². The monoisotopic (exact) mass is 1230 g/mol. The van der Waals surface area contributed by atoms with E-state index in [1.54, 1.807) is 35.1 Å². The van der Waals surface area contributed by atoms with E-state index in [9.17, 15) is 26.3 Å². The van der Waals surface area contributed by atoms with Crippen LogP contribution in [0.4, 0.5) is 32.0 Å². The van der Waals surface area contributed by atoms with Gasteiger partial charge in [-0.05, 0) is 109 Å². The third-order valence-corrected chi connectivity index (χ3v) is 16.8. The Labute approximate surface area is 511 Å². The van der Waals surface area contributed by atoms with Crippen molar-refractivity contribution in [2.75, 3.05) is 58.0 Å². The molecule has 10 nitrogen and oxygen atoms in total. The van der Waals surface area contributed by atoms with Crippen molar-refractivity contribution in [1.82, 2.24) is 34.3 Å². The largest absolute Gasteiger partial charge is 0.476 e. The highest BCUT2D eigenvalue weighted by Gasteiger charge is 2.37. The van der Waals surface area contributed by atoms with Crippen LogP contribution in [-0.4, -0.2) is 87.4 Å². The van der Waals surface area contributed by atoms with Crippen molar-refractivity contribution in [1.29, 1.82) is 0 Å². The SMILES string of the molecule is CC(C)(C)c1cnc(C(C)(C)C)s1.CC1=CN(c2cc(Cl)cc(C(C)(C)C)c2)CO1.CN1CCN(CCOc2ncc(C(C)(C)C)cc2C(F)(F)F)CC1.Cc1cn(-c2cc(C(C)(C)C)cc(C(F)(F)F)c2)cn1.Cc1cnc(C(C)(C)C)s1. The second-order valence-electron chi connectivity index (χ2n) is 27.7. The highest BCUT2D eigenvalue weighted by atomic mass is 35.5. The van der Waals surface area contributed by atoms with Gasteiger partial charge in [0, 0.05) is 101 Å². The maximum Gasteiger partial charge on any atom is 0.421 e. The third-order valence-electron chi connectivity index (χ3n) is 13.4. The Morgan fingerprint density at radius 2 is 1.10 bits per heavy atom. The average Bonchev–Trinajstić information content (AvgIpc) is 3.87. The number of hydrogen-bond acceptors (Lipinski definition) is 11. The first-order valence-electron chi connectivity index (χ1n) is 28.4. The number of aryl methyl sites for hydroxylation is 2. The van der Waals surface area contributed by atoms with E-state index in [4.69, 9.17) is 21.1 Å². The highest BCUT2D eigenvalue weighted by molar-refractivity contribution is 7.12. The molecule has 0 N–H and O–H groups in total. The predicted octanol–water partition coefficient (Wildman–Crippen LogP) is 18.3. The van der Waals surface area contributed by atoms with Gasteiger partial charge in [-0.25, -0.2) is 19.9 Å². The molecular weight excluding hydrogens is 1140 g/mol. The van der Waals surface area contributed by atoms with Gasteiger partial charge < -0.3 is 23.8 Å². The zero-order valence-electron chi connectivity index (χ0n) is 53.8. The fourth-order valence-electron chi connectivity index (χ4n) is 7.90. The summed E-state index contributed by atoms with van der Waals surface area (Å²) >= 11 is 9.80. The smallest absolute Gasteiger partial charge is 0.421 e. The van der Waals surface area contributed by atoms with E-state index in [2.05, 4.69) is 138 Å². The van der Waals surface area contributed by atoms with E-state index in [0.717, 1.165) is 60.5 Å². The minimum Gasteiger partial charge on any atom is -0.476 e. The molecule has 0 unspecified atom stereocenters. The number of anilines is 1. The summed E-state index contributed by atoms with van der Waals surface area (Å²) in [5.74, 6) is 0.604. The molecule has 0 bridgehead atoms. The lowest BCUT2D eigenvalue weighted by Crippen LogP contribution is -2.45. The molecule has 1 fully saturated rings. The van der Waals surface area contributed by atoms with Gasteiger partial charge in [-0.3, -0.25) is 4.90 Å². The summed E-state index contributed by atoms with van der Waals surface area (Å²) in [5.41, 5.74) is 3.31. The summed E-state index contributed by atoms with van der Waals surface area (Å²) < 4.78 is 91.4. The number of rotatable bonds is 6. The molecule has 0 atom stereocenters. The third kappa shape index (κ3) is 22.7. The first-order valence-corrected chi connectivity index (χ1v) is 30.4. The molecule has 6 aromatic rings. The fraction of sp³-hybridized carbons (Fsp3) is 0.569. The number of alkyl halides is 6. The van der Waals surface area contributed by atoms with Gasteiger partial charge in [0.1, 0.15) is 17.9 Å². The summed E-state index contributed by atoms with van der Waals surface area (Å²) in [6, 6.07) is 11.5. The summed E-state index contributed by atoms with van der Waals surface area (Å²) in [7, 11) is 2.06. The number of aromatic nitrogens is 5. The summed E-state index contributed by atoms with van der Waals surface area (Å²) in [6.07, 6.45) is 1.83. The standard InChI is InChI=1S/C17H26F3N3O.C15H17F3N2.C14H18ClNO.C11H19NS.C8H13NS/c1-16(2,3)13-11-14(17(18,19)20)15(21-12-13)24-10-9-23-7-5-22(4)6-8-23;1-10-8-20(9-19-10)13-6-11(14(2,3)4)5-12(7-13)15(16,17)18;1-10-8-16(9-17-10)13-6-11(14(2,3)4)5-12(15)7-13;1-10(2,3)8-7-12-9(13-8)11(4,5)6;1-6-5-9-7(10-6)8(2,3)4/h11-12H,5-10H2,1-4H3;5-9H,1-4H3;5-8H,9H2,1-4H3;7H,1-6H3;5H,1-4H3. The molecule has 8 rings (SSSR count). The van der Waals surface area contributed by atoms with E-state index >= 15 is 0 Å². The molecule has 0 radical (unpaired) electrons. The molecule has 2 aliphatic rings. The molecule has 2 aliphatic heterocycles. The number of likely N-dealkylation sites (N-methyl/N-ethyl adjacent to an activating group) is 1. The quantitative estimate of drug-likeness (QED) is 0.151. The number of ether oxygens (including phenoxy) is 2. The Bertz CT molecular complexity index is 3020. The number of nitrogens with zero attached hydrogens (tertiary/aromatic N) is 8. The molecule has 84 heavy (non-hydrogen) atoms. The molecule has 4 aromatic heterocycles. The van der Waals surface area contributed by atoms with Crippen molar-refractivity contribution in [3.8, 4) is 11.6 Å². The van der Waals surface area contributed by atoms with Crippen LogP contribution in [0, 0.1) is 13.8 Å². The van der Waals surface area contributed by atoms with Crippen LogP contribution in [0.2, 0.25) is 5.02 Å². The van der Waals surface area contributed by atoms with Crippen molar-refractivity contribution >= 4 is 40.0 Å². The second-order valence-corrected chi connectivity index (χ2v) is 30.4.